The van der Waals surface area contributed by atoms with E-state index < -0.39 is 12.1 Å². The van der Waals surface area contributed by atoms with Gasteiger partial charge >= 0.3 is 12.0 Å². The zero-order valence-electron chi connectivity index (χ0n) is 20.8. The first-order valence-electron chi connectivity index (χ1n) is 11.9. The Hall–Kier alpha value is -2.68. The molecule has 1 unspecified atom stereocenters. The second kappa shape index (κ2) is 15.4. The van der Waals surface area contributed by atoms with Crippen LogP contribution in [0.25, 0.3) is 0 Å². The summed E-state index contributed by atoms with van der Waals surface area (Å²) >= 11 is 12.0. The van der Waals surface area contributed by atoms with Crippen LogP contribution in [0.2, 0.25) is 10.0 Å². The van der Waals surface area contributed by atoms with Crippen LogP contribution in [0.15, 0.2) is 42.5 Å². The van der Waals surface area contributed by atoms with Gasteiger partial charge in [0.05, 0.1) is 13.2 Å². The number of carboxylic acids is 1. The zero-order valence-corrected chi connectivity index (χ0v) is 22.3. The maximum Gasteiger partial charge on any atom is 0.333 e. The molecule has 0 bridgehead atoms. The SMILES string of the molecule is CCOC(Cc1ccc(OCCN(CCCOc2cc(Cl)cc(Cl)c2)C(=O)NC(C)C)cc1)C(=O)O. The fraction of sp³-hybridized carbons (Fsp3) is 0.462. The van der Waals surface area contributed by atoms with Crippen molar-refractivity contribution in [3.63, 3.8) is 0 Å². The molecule has 0 heterocycles. The number of carboxylic acid groups (broad SMARTS) is 1. The molecular weight excluding hydrogens is 507 g/mol. The zero-order chi connectivity index (χ0) is 26.5. The number of ether oxygens (including phenoxy) is 3. The fourth-order valence-electron chi connectivity index (χ4n) is 3.34. The Labute approximate surface area is 222 Å². The van der Waals surface area contributed by atoms with Gasteiger partial charge in [0, 0.05) is 35.7 Å². The molecule has 8 nitrogen and oxygen atoms in total. The predicted octanol–water partition coefficient (Wildman–Crippen LogP) is 5.29. The van der Waals surface area contributed by atoms with Crippen LogP contribution in [0.1, 0.15) is 32.8 Å². The van der Waals surface area contributed by atoms with Crippen LogP contribution < -0.4 is 14.8 Å². The molecule has 2 aromatic rings. The van der Waals surface area contributed by atoms with Crippen molar-refractivity contribution < 1.29 is 28.9 Å². The molecule has 0 spiro atoms. The van der Waals surface area contributed by atoms with Crippen LogP contribution in [0.3, 0.4) is 0 Å². The molecule has 2 rings (SSSR count). The minimum absolute atomic E-state index is 0.00429. The number of hydrogen-bond acceptors (Lipinski definition) is 5. The van der Waals surface area contributed by atoms with E-state index in [1.54, 1.807) is 42.2 Å². The van der Waals surface area contributed by atoms with E-state index in [0.717, 1.165) is 5.56 Å². The van der Waals surface area contributed by atoms with Gasteiger partial charge in [-0.15, -0.1) is 0 Å². The number of benzene rings is 2. The number of urea groups is 1. The molecule has 2 N–H and O–H groups in total. The van der Waals surface area contributed by atoms with Gasteiger partial charge < -0.3 is 29.5 Å². The van der Waals surface area contributed by atoms with E-state index in [1.165, 1.54) is 0 Å². The average molecular weight is 541 g/mol. The van der Waals surface area contributed by atoms with Crippen molar-refractivity contribution >= 4 is 35.2 Å². The molecule has 0 aliphatic rings. The van der Waals surface area contributed by atoms with Crippen molar-refractivity contribution in [2.75, 3.05) is 32.9 Å². The van der Waals surface area contributed by atoms with Crippen LogP contribution in [0.5, 0.6) is 11.5 Å². The first-order chi connectivity index (χ1) is 17.2. The van der Waals surface area contributed by atoms with Gasteiger partial charge in [-0.25, -0.2) is 9.59 Å². The van der Waals surface area contributed by atoms with Crippen molar-refractivity contribution in [2.24, 2.45) is 0 Å². The monoisotopic (exact) mass is 540 g/mol. The normalized spacial score (nSPS) is 11.7. The molecule has 0 saturated carbocycles. The summed E-state index contributed by atoms with van der Waals surface area (Å²) in [7, 11) is 0. The molecule has 0 radical (unpaired) electrons. The smallest absolute Gasteiger partial charge is 0.333 e. The van der Waals surface area contributed by atoms with Crippen molar-refractivity contribution in [3.05, 3.63) is 58.1 Å². The standard InChI is InChI=1S/C26H34Cl2N2O6/c1-4-34-24(25(31)32)14-19-6-8-22(9-7-19)36-13-11-30(26(33)29-18(2)3)10-5-12-35-23-16-20(27)15-21(28)17-23/h6-9,15-18,24H,4-5,10-14H2,1-3H3,(H,29,33)(H,31,32). The van der Waals surface area contributed by atoms with Crippen LogP contribution in [-0.4, -0.2) is 67.1 Å². The van der Waals surface area contributed by atoms with E-state index in [-0.39, 0.29) is 18.5 Å². The lowest BCUT2D eigenvalue weighted by Gasteiger charge is -2.24. The van der Waals surface area contributed by atoms with Gasteiger partial charge in [-0.05, 0) is 63.1 Å². The Balaban J connectivity index is 1.85. The average Bonchev–Trinajstić information content (AvgIpc) is 2.80. The first-order valence-corrected chi connectivity index (χ1v) is 12.6. The van der Waals surface area contributed by atoms with Crippen molar-refractivity contribution in [1.29, 1.82) is 0 Å². The highest BCUT2D eigenvalue weighted by Gasteiger charge is 2.18. The van der Waals surface area contributed by atoms with Crippen molar-refractivity contribution in [2.45, 2.75) is 45.8 Å². The van der Waals surface area contributed by atoms with Gasteiger partial charge in [0.2, 0.25) is 0 Å². The van der Waals surface area contributed by atoms with Gasteiger partial charge in [0.25, 0.3) is 0 Å². The summed E-state index contributed by atoms with van der Waals surface area (Å²) < 4.78 is 16.8. The molecule has 2 aromatic carbocycles. The quantitative estimate of drug-likeness (QED) is 0.298. The van der Waals surface area contributed by atoms with E-state index >= 15 is 0 Å². The molecule has 0 aromatic heterocycles. The summed E-state index contributed by atoms with van der Waals surface area (Å²) in [5.41, 5.74) is 0.835. The topological polar surface area (TPSA) is 97.3 Å². The first kappa shape index (κ1) is 29.5. The minimum Gasteiger partial charge on any atom is -0.493 e. The number of carbonyl (C=O) groups excluding carboxylic acids is 1. The van der Waals surface area contributed by atoms with E-state index in [2.05, 4.69) is 5.32 Å². The number of nitrogens with zero attached hydrogens (tertiary/aromatic N) is 1. The van der Waals surface area contributed by atoms with Gasteiger partial charge in [-0.3, -0.25) is 0 Å². The highest BCUT2D eigenvalue weighted by atomic mass is 35.5. The Morgan fingerprint density at radius 2 is 1.61 bits per heavy atom. The molecular formula is C26H34Cl2N2O6. The summed E-state index contributed by atoms with van der Waals surface area (Å²) in [5.74, 6) is 0.222. The number of halogens is 2. The third-order valence-corrected chi connectivity index (χ3v) is 5.43. The van der Waals surface area contributed by atoms with E-state index in [0.29, 0.717) is 60.9 Å². The third kappa shape index (κ3) is 10.9. The van der Waals surface area contributed by atoms with Crippen LogP contribution in [-0.2, 0) is 16.0 Å². The fourth-order valence-corrected chi connectivity index (χ4v) is 3.84. The molecule has 198 valence electrons. The lowest BCUT2D eigenvalue weighted by molar-refractivity contribution is -0.149. The maximum absolute atomic E-state index is 12.6. The lowest BCUT2D eigenvalue weighted by Crippen LogP contribution is -2.45. The summed E-state index contributed by atoms with van der Waals surface area (Å²) in [6, 6.07) is 12.0. The second-order valence-corrected chi connectivity index (χ2v) is 9.25. The number of rotatable bonds is 15. The molecule has 36 heavy (non-hydrogen) atoms. The summed E-state index contributed by atoms with van der Waals surface area (Å²) in [5, 5.41) is 13.1. The lowest BCUT2D eigenvalue weighted by atomic mass is 10.1. The highest BCUT2D eigenvalue weighted by molar-refractivity contribution is 6.34. The summed E-state index contributed by atoms with van der Waals surface area (Å²) in [6.45, 7) is 7.45. The van der Waals surface area contributed by atoms with Crippen LogP contribution >= 0.6 is 23.2 Å². The van der Waals surface area contributed by atoms with Gasteiger partial charge in [0.15, 0.2) is 6.10 Å². The Morgan fingerprint density at radius 1 is 0.972 bits per heavy atom. The Bertz CT molecular complexity index is 951. The molecule has 0 fully saturated rings. The van der Waals surface area contributed by atoms with Gasteiger partial charge in [-0.2, -0.15) is 0 Å². The molecule has 1 atom stereocenters. The van der Waals surface area contributed by atoms with Gasteiger partial charge in [0.1, 0.15) is 18.1 Å². The van der Waals surface area contributed by atoms with Crippen LogP contribution in [0, 0.1) is 0 Å². The highest BCUT2D eigenvalue weighted by Crippen LogP contribution is 2.24. The number of nitrogens with one attached hydrogen (secondary N) is 1. The third-order valence-electron chi connectivity index (χ3n) is 4.99. The van der Waals surface area contributed by atoms with Crippen LogP contribution in [0.4, 0.5) is 4.79 Å². The van der Waals surface area contributed by atoms with E-state index in [1.807, 2.05) is 26.0 Å². The minimum atomic E-state index is -0.987. The molecule has 10 heteroatoms. The van der Waals surface area contributed by atoms with Crippen molar-refractivity contribution in [3.8, 4) is 11.5 Å². The van der Waals surface area contributed by atoms with E-state index in [4.69, 9.17) is 37.4 Å². The molecule has 0 aliphatic carbocycles. The number of amides is 2. The number of aliphatic carboxylic acids is 1. The second-order valence-electron chi connectivity index (χ2n) is 8.38. The summed E-state index contributed by atoms with van der Waals surface area (Å²) in [4.78, 5) is 25.6. The number of carbonyl (C=O) groups is 2. The molecule has 2 amide bonds. The maximum atomic E-state index is 12.6. The van der Waals surface area contributed by atoms with Gasteiger partial charge in [-0.1, -0.05) is 35.3 Å². The summed E-state index contributed by atoms with van der Waals surface area (Å²) in [6.07, 6.45) is -0.0000160. The molecule has 0 aliphatic heterocycles. The largest absolute Gasteiger partial charge is 0.493 e. The number of hydrogen-bond donors (Lipinski definition) is 2. The predicted molar refractivity (Wildman–Crippen MR) is 141 cm³/mol. The Morgan fingerprint density at radius 3 is 2.19 bits per heavy atom. The molecule has 0 saturated heterocycles. The van der Waals surface area contributed by atoms with Crippen molar-refractivity contribution in [1.82, 2.24) is 10.2 Å². The van der Waals surface area contributed by atoms with E-state index in [9.17, 15) is 14.7 Å². The Kier molecular flexibility index (Phi) is 12.7.